The van der Waals surface area contributed by atoms with E-state index in [-0.39, 0.29) is 6.29 Å². The van der Waals surface area contributed by atoms with Gasteiger partial charge in [0, 0.05) is 0 Å². The van der Waals surface area contributed by atoms with Crippen LogP contribution in [0, 0.1) is 17.1 Å². The Morgan fingerprint density at radius 2 is 2.00 bits per heavy atom. The zero-order valence-corrected chi connectivity index (χ0v) is 7.81. The molecule has 0 amide bonds. The molecule has 0 heterocycles. The zero-order chi connectivity index (χ0) is 12.3. The van der Waals surface area contributed by atoms with Gasteiger partial charge in [0.1, 0.15) is 5.82 Å². The van der Waals surface area contributed by atoms with E-state index in [0.717, 1.165) is 12.1 Å². The van der Waals surface area contributed by atoms with Gasteiger partial charge >= 0.3 is 6.18 Å². The van der Waals surface area contributed by atoms with Crippen LogP contribution < -0.4 is 0 Å². The first-order chi connectivity index (χ1) is 7.41. The second-order valence-corrected chi connectivity index (χ2v) is 2.95. The molecule has 0 aliphatic carbocycles. The van der Waals surface area contributed by atoms with Gasteiger partial charge in [-0.05, 0) is 11.6 Å². The van der Waals surface area contributed by atoms with Gasteiger partial charge in [-0.1, -0.05) is 6.07 Å². The Hall–Kier alpha value is -1.90. The number of carbonyl (C=O) groups excluding carboxylic acids is 1. The highest BCUT2D eigenvalue weighted by atomic mass is 19.4. The van der Waals surface area contributed by atoms with Crippen molar-refractivity contribution < 1.29 is 22.4 Å². The molecule has 0 saturated heterocycles. The van der Waals surface area contributed by atoms with Crippen LogP contribution in [0.25, 0.3) is 0 Å². The van der Waals surface area contributed by atoms with Crippen LogP contribution in [-0.4, -0.2) is 6.29 Å². The van der Waals surface area contributed by atoms with E-state index < -0.39 is 35.1 Å². The molecule has 0 fully saturated rings. The highest BCUT2D eigenvalue weighted by Crippen LogP contribution is 2.35. The number of rotatable bonds is 2. The Morgan fingerprint density at radius 1 is 1.38 bits per heavy atom. The third kappa shape index (κ3) is 2.19. The molecule has 16 heavy (non-hydrogen) atoms. The van der Waals surface area contributed by atoms with Crippen LogP contribution >= 0.6 is 0 Å². The second-order valence-electron chi connectivity index (χ2n) is 2.95. The molecule has 0 spiro atoms. The van der Waals surface area contributed by atoms with Gasteiger partial charge in [-0.3, -0.25) is 4.79 Å². The number of nitriles is 1. The SMILES string of the molecule is N#CCc1ccc(F)c(C=O)c1C(F)(F)F. The summed E-state index contributed by atoms with van der Waals surface area (Å²) in [5.74, 6) is -1.25. The summed E-state index contributed by atoms with van der Waals surface area (Å²) in [5, 5.41) is 8.34. The third-order valence-electron chi connectivity index (χ3n) is 1.95. The third-order valence-corrected chi connectivity index (χ3v) is 1.95. The number of halogens is 4. The molecular formula is C10H5F4NO. The van der Waals surface area contributed by atoms with Crippen molar-refractivity contribution >= 4 is 6.29 Å². The standard InChI is InChI=1S/C10H5F4NO/c11-8-2-1-6(3-4-15)9(7(8)5-16)10(12,13)14/h1-2,5H,3H2. The van der Waals surface area contributed by atoms with Crippen LogP contribution in [0.3, 0.4) is 0 Å². The first-order valence-corrected chi connectivity index (χ1v) is 4.12. The van der Waals surface area contributed by atoms with Crippen LogP contribution in [0.2, 0.25) is 0 Å². The van der Waals surface area contributed by atoms with Crippen molar-refractivity contribution in [1.82, 2.24) is 0 Å². The summed E-state index contributed by atoms with van der Waals surface area (Å²) in [5.41, 5.74) is -2.83. The van der Waals surface area contributed by atoms with Gasteiger partial charge in [0.15, 0.2) is 6.29 Å². The number of hydrogen-bond donors (Lipinski definition) is 0. The first kappa shape index (κ1) is 12.2. The average molecular weight is 231 g/mol. The predicted octanol–water partition coefficient (Wildman–Crippen LogP) is 2.72. The molecule has 0 unspecified atom stereocenters. The molecular weight excluding hydrogens is 226 g/mol. The molecule has 6 heteroatoms. The average Bonchev–Trinajstić information content (AvgIpc) is 2.18. The highest BCUT2D eigenvalue weighted by molar-refractivity contribution is 5.79. The smallest absolute Gasteiger partial charge is 0.298 e. The van der Waals surface area contributed by atoms with E-state index in [9.17, 15) is 22.4 Å². The quantitative estimate of drug-likeness (QED) is 0.580. The van der Waals surface area contributed by atoms with Gasteiger partial charge in [0.2, 0.25) is 0 Å². The number of hydrogen-bond acceptors (Lipinski definition) is 2. The lowest BCUT2D eigenvalue weighted by Gasteiger charge is -2.13. The molecule has 84 valence electrons. The normalized spacial score (nSPS) is 10.9. The van der Waals surface area contributed by atoms with Crippen molar-refractivity contribution in [3.63, 3.8) is 0 Å². The molecule has 1 rings (SSSR count). The summed E-state index contributed by atoms with van der Waals surface area (Å²) in [4.78, 5) is 10.4. The van der Waals surface area contributed by atoms with Gasteiger partial charge in [0.25, 0.3) is 0 Å². The van der Waals surface area contributed by atoms with Crippen molar-refractivity contribution in [3.8, 4) is 6.07 Å². The zero-order valence-electron chi connectivity index (χ0n) is 7.81. The summed E-state index contributed by atoms with van der Waals surface area (Å²) in [7, 11) is 0. The predicted molar refractivity (Wildman–Crippen MR) is 46.1 cm³/mol. The maximum atomic E-state index is 13.0. The Labute approximate surface area is 88.1 Å². The van der Waals surface area contributed by atoms with Gasteiger partial charge in [-0.2, -0.15) is 18.4 Å². The van der Waals surface area contributed by atoms with Gasteiger partial charge in [-0.15, -0.1) is 0 Å². The maximum Gasteiger partial charge on any atom is 0.417 e. The summed E-state index contributed by atoms with van der Waals surface area (Å²) >= 11 is 0. The molecule has 0 radical (unpaired) electrons. The fraction of sp³-hybridized carbons (Fsp3) is 0.200. The minimum Gasteiger partial charge on any atom is -0.298 e. The molecule has 0 saturated carbocycles. The van der Waals surface area contributed by atoms with E-state index >= 15 is 0 Å². The van der Waals surface area contributed by atoms with E-state index in [1.165, 1.54) is 6.07 Å². The summed E-state index contributed by atoms with van der Waals surface area (Å²) in [6.07, 6.45) is -5.58. The van der Waals surface area contributed by atoms with Crippen LogP contribution in [0.15, 0.2) is 12.1 Å². The molecule has 1 aromatic rings. The number of carbonyl (C=O) groups is 1. The van der Waals surface area contributed by atoms with Crippen LogP contribution in [0.1, 0.15) is 21.5 Å². The topological polar surface area (TPSA) is 40.9 Å². The molecule has 0 bridgehead atoms. The fourth-order valence-corrected chi connectivity index (χ4v) is 1.32. The second kappa shape index (κ2) is 4.31. The van der Waals surface area contributed by atoms with Crippen molar-refractivity contribution in [2.24, 2.45) is 0 Å². The summed E-state index contributed by atoms with van der Waals surface area (Å²) < 4.78 is 50.7. The Balaban J connectivity index is 3.55. The minimum atomic E-state index is -4.86. The number of aldehydes is 1. The molecule has 2 nitrogen and oxygen atoms in total. The van der Waals surface area contributed by atoms with E-state index in [1.54, 1.807) is 0 Å². The minimum absolute atomic E-state index is 0.195. The van der Waals surface area contributed by atoms with E-state index in [4.69, 9.17) is 5.26 Å². The highest BCUT2D eigenvalue weighted by Gasteiger charge is 2.37. The van der Waals surface area contributed by atoms with Crippen LogP contribution in [0.5, 0.6) is 0 Å². The van der Waals surface area contributed by atoms with Crippen molar-refractivity contribution in [2.75, 3.05) is 0 Å². The van der Waals surface area contributed by atoms with Crippen LogP contribution in [-0.2, 0) is 12.6 Å². The fourth-order valence-electron chi connectivity index (χ4n) is 1.32. The molecule has 0 N–H and O–H groups in total. The summed E-state index contributed by atoms with van der Waals surface area (Å²) in [6, 6.07) is 3.13. The first-order valence-electron chi connectivity index (χ1n) is 4.12. The van der Waals surface area contributed by atoms with Gasteiger partial charge in [0.05, 0.1) is 23.6 Å². The lowest BCUT2D eigenvalue weighted by atomic mass is 9.99. The molecule has 0 atom stereocenters. The van der Waals surface area contributed by atoms with Crippen molar-refractivity contribution in [3.05, 3.63) is 34.6 Å². The van der Waals surface area contributed by atoms with Crippen LogP contribution in [0.4, 0.5) is 17.6 Å². The van der Waals surface area contributed by atoms with Gasteiger partial charge < -0.3 is 0 Å². The monoisotopic (exact) mass is 231 g/mol. The van der Waals surface area contributed by atoms with Gasteiger partial charge in [-0.25, -0.2) is 4.39 Å². The van der Waals surface area contributed by atoms with E-state index in [1.807, 2.05) is 0 Å². The maximum absolute atomic E-state index is 13.0. The molecule has 0 aromatic heterocycles. The van der Waals surface area contributed by atoms with E-state index in [0.29, 0.717) is 0 Å². The number of alkyl halides is 3. The van der Waals surface area contributed by atoms with Crippen molar-refractivity contribution in [1.29, 1.82) is 5.26 Å². The lowest BCUT2D eigenvalue weighted by molar-refractivity contribution is -0.138. The Morgan fingerprint density at radius 3 is 2.44 bits per heavy atom. The molecule has 0 aliphatic heterocycles. The Kier molecular flexibility index (Phi) is 3.28. The molecule has 1 aromatic carbocycles. The largest absolute Gasteiger partial charge is 0.417 e. The number of benzene rings is 1. The lowest BCUT2D eigenvalue weighted by Crippen LogP contribution is -2.14. The van der Waals surface area contributed by atoms with E-state index in [2.05, 4.69) is 0 Å². The van der Waals surface area contributed by atoms with Crippen molar-refractivity contribution in [2.45, 2.75) is 12.6 Å². The molecule has 0 aliphatic rings. The number of nitrogens with zero attached hydrogens (tertiary/aromatic N) is 1. The Bertz CT molecular complexity index is 459. The summed E-state index contributed by atoms with van der Waals surface area (Å²) in [6.45, 7) is 0.